The first-order valence-electron chi connectivity index (χ1n) is 6.75. The van der Waals surface area contributed by atoms with Gasteiger partial charge in [0.25, 0.3) is 0 Å². The Bertz CT molecular complexity index is 390. The van der Waals surface area contributed by atoms with E-state index in [2.05, 4.69) is 31.3 Å². The summed E-state index contributed by atoms with van der Waals surface area (Å²) in [7, 11) is 0. The average Bonchev–Trinajstić information content (AvgIpc) is 2.78. The number of fused-ring (bicyclic) bond motifs is 1. The number of hydrogen-bond donors (Lipinski definition) is 1. The van der Waals surface area contributed by atoms with Crippen LogP contribution >= 0.6 is 0 Å². The number of carbonyl (C=O) groups is 1. The average molecular weight is 246 g/mol. The van der Waals surface area contributed by atoms with Crippen LogP contribution in [-0.4, -0.2) is 23.4 Å². The van der Waals surface area contributed by atoms with Crippen molar-refractivity contribution in [3.8, 4) is 0 Å². The summed E-state index contributed by atoms with van der Waals surface area (Å²) in [6, 6.07) is 8.81. The van der Waals surface area contributed by atoms with Crippen molar-refractivity contribution in [1.82, 2.24) is 10.2 Å². The molecule has 0 radical (unpaired) electrons. The Morgan fingerprint density at radius 3 is 2.44 bits per heavy atom. The van der Waals surface area contributed by atoms with Crippen LogP contribution in [0, 0.1) is 0 Å². The maximum absolute atomic E-state index is 12.1. The van der Waals surface area contributed by atoms with E-state index < -0.39 is 0 Å². The Labute approximate surface area is 109 Å². The highest BCUT2D eigenvalue weighted by atomic mass is 16.2. The number of nitrogens with one attached hydrogen (secondary N) is 1. The van der Waals surface area contributed by atoms with Gasteiger partial charge < -0.3 is 10.2 Å². The van der Waals surface area contributed by atoms with Gasteiger partial charge in [-0.1, -0.05) is 38.1 Å². The van der Waals surface area contributed by atoms with Crippen molar-refractivity contribution in [3.05, 3.63) is 35.4 Å². The molecule has 1 N–H and O–H groups in total. The Morgan fingerprint density at radius 2 is 1.89 bits per heavy atom. The first-order chi connectivity index (χ1) is 8.66. The molecule has 98 valence electrons. The number of nitrogens with zero attached hydrogens (tertiary/aromatic N) is 1. The third-order valence-electron chi connectivity index (χ3n) is 3.31. The van der Waals surface area contributed by atoms with Crippen LogP contribution in [0.2, 0.25) is 0 Å². The van der Waals surface area contributed by atoms with Crippen molar-refractivity contribution in [2.45, 2.75) is 45.8 Å². The minimum atomic E-state index is 0.275. The minimum Gasteiger partial charge on any atom is -0.334 e. The van der Waals surface area contributed by atoms with E-state index in [1.54, 1.807) is 0 Å². The Hall–Kier alpha value is -1.35. The van der Waals surface area contributed by atoms with Crippen LogP contribution < -0.4 is 5.32 Å². The van der Waals surface area contributed by atoms with Gasteiger partial charge >= 0.3 is 0 Å². The molecule has 1 aliphatic rings. The molecule has 0 spiro atoms. The zero-order chi connectivity index (χ0) is 13.0. The second-order valence-corrected chi connectivity index (χ2v) is 5.23. The SMILES string of the molecule is CC(C)NCCCC(=O)N1Cc2ccccc2C1. The highest BCUT2D eigenvalue weighted by Crippen LogP contribution is 2.22. The van der Waals surface area contributed by atoms with E-state index in [1.807, 2.05) is 17.0 Å². The third kappa shape index (κ3) is 3.33. The van der Waals surface area contributed by atoms with Gasteiger partial charge in [-0.05, 0) is 24.1 Å². The van der Waals surface area contributed by atoms with Crippen molar-refractivity contribution in [1.29, 1.82) is 0 Å². The zero-order valence-electron chi connectivity index (χ0n) is 11.3. The van der Waals surface area contributed by atoms with E-state index in [1.165, 1.54) is 11.1 Å². The van der Waals surface area contributed by atoms with E-state index in [0.717, 1.165) is 26.1 Å². The smallest absolute Gasteiger partial charge is 0.223 e. The summed E-state index contributed by atoms with van der Waals surface area (Å²) < 4.78 is 0. The summed E-state index contributed by atoms with van der Waals surface area (Å²) in [6.45, 7) is 6.74. The van der Waals surface area contributed by atoms with Crippen molar-refractivity contribution >= 4 is 5.91 Å². The molecule has 0 saturated heterocycles. The van der Waals surface area contributed by atoms with Crippen LogP contribution in [-0.2, 0) is 17.9 Å². The molecule has 2 rings (SSSR count). The molecule has 0 bridgehead atoms. The number of carbonyl (C=O) groups excluding carboxylic acids is 1. The molecule has 0 fully saturated rings. The summed E-state index contributed by atoms with van der Waals surface area (Å²) in [6.07, 6.45) is 1.57. The Balaban J connectivity index is 1.76. The standard InChI is InChI=1S/C15H22N2O/c1-12(2)16-9-5-8-15(18)17-10-13-6-3-4-7-14(13)11-17/h3-4,6-7,12,16H,5,8-11H2,1-2H3. The summed E-state index contributed by atoms with van der Waals surface area (Å²) in [4.78, 5) is 14.0. The molecule has 0 aliphatic carbocycles. The molecule has 1 heterocycles. The number of benzene rings is 1. The molecule has 1 aromatic rings. The van der Waals surface area contributed by atoms with Gasteiger partial charge in [0.05, 0.1) is 0 Å². The largest absolute Gasteiger partial charge is 0.334 e. The van der Waals surface area contributed by atoms with Crippen LogP contribution in [0.15, 0.2) is 24.3 Å². The fourth-order valence-electron chi connectivity index (χ4n) is 2.30. The lowest BCUT2D eigenvalue weighted by Gasteiger charge is -2.15. The second-order valence-electron chi connectivity index (χ2n) is 5.23. The highest BCUT2D eigenvalue weighted by molar-refractivity contribution is 5.76. The van der Waals surface area contributed by atoms with E-state index in [4.69, 9.17) is 0 Å². The predicted octanol–water partition coefficient (Wildman–Crippen LogP) is 2.31. The van der Waals surface area contributed by atoms with Crippen LogP contribution in [0.25, 0.3) is 0 Å². The monoisotopic (exact) mass is 246 g/mol. The van der Waals surface area contributed by atoms with Crippen molar-refractivity contribution < 1.29 is 4.79 Å². The summed E-state index contributed by atoms with van der Waals surface area (Å²) in [5, 5.41) is 3.34. The first-order valence-corrected chi connectivity index (χ1v) is 6.75. The molecule has 3 nitrogen and oxygen atoms in total. The highest BCUT2D eigenvalue weighted by Gasteiger charge is 2.21. The van der Waals surface area contributed by atoms with Crippen molar-refractivity contribution in [2.24, 2.45) is 0 Å². The van der Waals surface area contributed by atoms with Gasteiger partial charge in [-0.15, -0.1) is 0 Å². The van der Waals surface area contributed by atoms with Gasteiger partial charge in [0.2, 0.25) is 5.91 Å². The predicted molar refractivity (Wildman–Crippen MR) is 73.1 cm³/mol. The van der Waals surface area contributed by atoms with Crippen molar-refractivity contribution in [2.75, 3.05) is 6.54 Å². The molecule has 0 aromatic heterocycles. The summed E-state index contributed by atoms with van der Waals surface area (Å²) in [5.74, 6) is 0.275. The zero-order valence-corrected chi connectivity index (χ0v) is 11.3. The summed E-state index contributed by atoms with van der Waals surface area (Å²) >= 11 is 0. The normalized spacial score (nSPS) is 14.1. The second kappa shape index (κ2) is 6.01. The summed E-state index contributed by atoms with van der Waals surface area (Å²) in [5.41, 5.74) is 2.59. The van der Waals surface area contributed by atoms with Crippen LogP contribution in [0.5, 0.6) is 0 Å². The molecule has 0 saturated carbocycles. The number of hydrogen-bond acceptors (Lipinski definition) is 2. The maximum Gasteiger partial charge on any atom is 0.223 e. The maximum atomic E-state index is 12.1. The lowest BCUT2D eigenvalue weighted by Crippen LogP contribution is -2.28. The lowest BCUT2D eigenvalue weighted by atomic mass is 10.1. The van der Waals surface area contributed by atoms with E-state index in [-0.39, 0.29) is 5.91 Å². The van der Waals surface area contributed by atoms with Gasteiger partial charge in [-0.2, -0.15) is 0 Å². The van der Waals surface area contributed by atoms with E-state index >= 15 is 0 Å². The lowest BCUT2D eigenvalue weighted by molar-refractivity contribution is -0.131. The minimum absolute atomic E-state index is 0.275. The van der Waals surface area contributed by atoms with Gasteiger partial charge in [0, 0.05) is 25.6 Å². The quantitative estimate of drug-likeness (QED) is 0.809. The molecule has 1 aliphatic heterocycles. The van der Waals surface area contributed by atoms with Gasteiger partial charge in [-0.3, -0.25) is 4.79 Å². The first kappa shape index (κ1) is 13.1. The molecule has 0 atom stereocenters. The van der Waals surface area contributed by atoms with Gasteiger partial charge in [-0.25, -0.2) is 0 Å². The Kier molecular flexibility index (Phi) is 4.37. The number of amides is 1. The van der Waals surface area contributed by atoms with Gasteiger partial charge in [0.1, 0.15) is 0 Å². The molecule has 1 amide bonds. The molecule has 18 heavy (non-hydrogen) atoms. The van der Waals surface area contributed by atoms with Crippen LogP contribution in [0.4, 0.5) is 0 Å². The molecule has 1 aromatic carbocycles. The topological polar surface area (TPSA) is 32.3 Å². The fourth-order valence-corrected chi connectivity index (χ4v) is 2.30. The third-order valence-corrected chi connectivity index (χ3v) is 3.31. The number of rotatable bonds is 5. The molecule has 3 heteroatoms. The molecule has 0 unspecified atom stereocenters. The van der Waals surface area contributed by atoms with Crippen molar-refractivity contribution in [3.63, 3.8) is 0 Å². The Morgan fingerprint density at radius 1 is 1.28 bits per heavy atom. The van der Waals surface area contributed by atoms with Crippen LogP contribution in [0.1, 0.15) is 37.8 Å². The van der Waals surface area contributed by atoms with Crippen LogP contribution in [0.3, 0.4) is 0 Å². The fraction of sp³-hybridized carbons (Fsp3) is 0.533. The van der Waals surface area contributed by atoms with E-state index in [9.17, 15) is 4.79 Å². The molecular weight excluding hydrogens is 224 g/mol. The molecular formula is C15H22N2O. The van der Waals surface area contributed by atoms with E-state index in [0.29, 0.717) is 12.5 Å². The van der Waals surface area contributed by atoms with Gasteiger partial charge in [0.15, 0.2) is 0 Å².